The quantitative estimate of drug-likeness (QED) is 0.844. The van der Waals surface area contributed by atoms with E-state index >= 15 is 0 Å². The number of benzene rings is 1. The van der Waals surface area contributed by atoms with E-state index in [0.717, 1.165) is 38.1 Å². The Morgan fingerprint density at radius 1 is 1.36 bits per heavy atom. The fourth-order valence-electron chi connectivity index (χ4n) is 3.16. The van der Waals surface area contributed by atoms with Crippen molar-refractivity contribution in [2.75, 3.05) is 20.2 Å². The van der Waals surface area contributed by atoms with Crippen LogP contribution in [0, 0.1) is 11.3 Å². The molecule has 1 aliphatic heterocycles. The number of carbonyl (C=O) groups excluding carboxylic acids is 1. The monoisotopic (exact) mass is 303 g/mol. The summed E-state index contributed by atoms with van der Waals surface area (Å²) in [5.74, 6) is 1.83. The van der Waals surface area contributed by atoms with E-state index < -0.39 is 0 Å². The van der Waals surface area contributed by atoms with Gasteiger partial charge in [0.1, 0.15) is 5.75 Å². The van der Waals surface area contributed by atoms with Crippen LogP contribution in [0.25, 0.3) is 0 Å². The minimum atomic E-state index is -0.269. The zero-order chi connectivity index (χ0) is 16.2. The van der Waals surface area contributed by atoms with Gasteiger partial charge in [0, 0.05) is 18.5 Å². The Hall–Kier alpha value is -1.51. The molecule has 1 heterocycles. The Kier molecular flexibility index (Phi) is 5.49. The second kappa shape index (κ2) is 7.17. The molecule has 22 heavy (non-hydrogen) atoms. The maximum absolute atomic E-state index is 12.4. The largest absolute Gasteiger partial charge is 0.497 e. The Bertz CT molecular complexity index is 504. The van der Waals surface area contributed by atoms with Crippen LogP contribution in [0.4, 0.5) is 0 Å². The average Bonchev–Trinajstić information content (AvgIpc) is 2.52. The topological polar surface area (TPSA) is 29.5 Å². The van der Waals surface area contributed by atoms with Gasteiger partial charge in [0.15, 0.2) is 0 Å². The summed E-state index contributed by atoms with van der Waals surface area (Å²) in [6.45, 7) is 7.87. The van der Waals surface area contributed by atoms with E-state index in [9.17, 15) is 4.79 Å². The summed E-state index contributed by atoms with van der Waals surface area (Å²) >= 11 is 0. The molecule has 0 N–H and O–H groups in total. The molecular weight excluding hydrogens is 274 g/mol. The molecule has 1 aliphatic rings. The first kappa shape index (κ1) is 16.9. The highest BCUT2D eigenvalue weighted by Gasteiger charge is 2.30. The molecule has 3 heteroatoms. The first-order valence-electron chi connectivity index (χ1n) is 8.32. The molecule has 3 nitrogen and oxygen atoms in total. The van der Waals surface area contributed by atoms with Crippen LogP contribution in [0.5, 0.6) is 5.75 Å². The molecular formula is C19H29NO2. The summed E-state index contributed by atoms with van der Waals surface area (Å²) in [6, 6.07) is 8.29. The highest BCUT2D eigenvalue weighted by molar-refractivity contribution is 5.81. The van der Waals surface area contributed by atoms with Crippen molar-refractivity contribution in [1.29, 1.82) is 0 Å². The van der Waals surface area contributed by atoms with Crippen molar-refractivity contribution >= 4 is 5.91 Å². The van der Waals surface area contributed by atoms with Gasteiger partial charge in [-0.2, -0.15) is 0 Å². The van der Waals surface area contributed by atoms with Crippen molar-refractivity contribution in [3.05, 3.63) is 29.8 Å². The number of methoxy groups -OCH3 is 1. The number of aryl methyl sites for hydroxylation is 1. The first-order chi connectivity index (χ1) is 10.4. The summed E-state index contributed by atoms with van der Waals surface area (Å²) in [7, 11) is 1.70. The second-order valence-electron chi connectivity index (χ2n) is 7.40. The van der Waals surface area contributed by atoms with Gasteiger partial charge in [-0.3, -0.25) is 4.79 Å². The molecule has 2 rings (SSSR count). The summed E-state index contributed by atoms with van der Waals surface area (Å²) in [4.78, 5) is 14.5. The van der Waals surface area contributed by atoms with Gasteiger partial charge >= 0.3 is 0 Å². The number of hydrogen-bond acceptors (Lipinski definition) is 2. The third-order valence-electron chi connectivity index (χ3n) is 4.42. The Labute approximate surface area is 134 Å². The highest BCUT2D eigenvalue weighted by Crippen LogP contribution is 2.26. The lowest BCUT2D eigenvalue weighted by Crippen LogP contribution is -2.45. The third kappa shape index (κ3) is 4.49. The Morgan fingerprint density at radius 3 is 2.82 bits per heavy atom. The molecule has 0 aromatic heterocycles. The molecule has 1 saturated heterocycles. The van der Waals surface area contributed by atoms with Crippen molar-refractivity contribution < 1.29 is 9.53 Å². The van der Waals surface area contributed by atoms with Crippen molar-refractivity contribution in [3.63, 3.8) is 0 Å². The molecule has 1 amide bonds. The van der Waals surface area contributed by atoms with Crippen LogP contribution in [0.3, 0.4) is 0 Å². The second-order valence-corrected chi connectivity index (χ2v) is 7.40. The normalized spacial score (nSPS) is 19.1. The van der Waals surface area contributed by atoms with E-state index in [-0.39, 0.29) is 5.41 Å². The molecule has 1 atom stereocenters. The van der Waals surface area contributed by atoms with Crippen LogP contribution in [0.15, 0.2) is 24.3 Å². The van der Waals surface area contributed by atoms with Crippen molar-refractivity contribution in [2.45, 2.75) is 46.5 Å². The first-order valence-corrected chi connectivity index (χ1v) is 8.32. The molecule has 0 aliphatic carbocycles. The molecule has 1 fully saturated rings. The standard InChI is InChI=1S/C19H29NO2/c1-19(2,3)18(21)20-12-6-8-16(14-20)11-10-15-7-5-9-17(13-15)22-4/h5,7,9,13,16H,6,8,10-12,14H2,1-4H3/t16-/m1/s1. The predicted molar refractivity (Wildman–Crippen MR) is 90.1 cm³/mol. The van der Waals surface area contributed by atoms with Gasteiger partial charge in [-0.25, -0.2) is 0 Å². The van der Waals surface area contributed by atoms with E-state index in [1.54, 1.807) is 7.11 Å². The van der Waals surface area contributed by atoms with Crippen LogP contribution >= 0.6 is 0 Å². The number of likely N-dealkylation sites (tertiary alicyclic amines) is 1. The fraction of sp³-hybridized carbons (Fsp3) is 0.632. The van der Waals surface area contributed by atoms with Crippen LogP contribution in [0.1, 0.15) is 45.6 Å². The minimum absolute atomic E-state index is 0.269. The fourth-order valence-corrected chi connectivity index (χ4v) is 3.16. The van der Waals surface area contributed by atoms with Gasteiger partial charge in [-0.15, -0.1) is 0 Å². The summed E-state index contributed by atoms with van der Waals surface area (Å²) in [5, 5.41) is 0. The molecule has 0 unspecified atom stereocenters. The van der Waals surface area contributed by atoms with Crippen LogP contribution in [-0.2, 0) is 11.2 Å². The Morgan fingerprint density at radius 2 is 2.14 bits per heavy atom. The van der Waals surface area contributed by atoms with Crippen molar-refractivity contribution in [3.8, 4) is 5.75 Å². The number of hydrogen-bond donors (Lipinski definition) is 0. The molecule has 0 bridgehead atoms. The zero-order valence-electron chi connectivity index (χ0n) is 14.4. The lowest BCUT2D eigenvalue weighted by molar-refractivity contribution is -0.141. The SMILES string of the molecule is COc1cccc(CC[C@H]2CCCN(C(=O)C(C)(C)C)C2)c1. The lowest BCUT2D eigenvalue weighted by atomic mass is 9.88. The summed E-state index contributed by atoms with van der Waals surface area (Å²) in [5.41, 5.74) is 1.05. The maximum atomic E-state index is 12.4. The molecule has 122 valence electrons. The van der Waals surface area contributed by atoms with Gasteiger partial charge in [0.05, 0.1) is 7.11 Å². The van der Waals surface area contributed by atoms with Crippen LogP contribution in [-0.4, -0.2) is 31.0 Å². The molecule has 0 radical (unpaired) electrons. The predicted octanol–water partition coefficient (Wildman–Crippen LogP) is 3.91. The molecule has 0 saturated carbocycles. The van der Waals surface area contributed by atoms with E-state index in [1.807, 2.05) is 32.9 Å². The van der Waals surface area contributed by atoms with Gasteiger partial charge < -0.3 is 9.64 Å². The maximum Gasteiger partial charge on any atom is 0.227 e. The van der Waals surface area contributed by atoms with E-state index in [1.165, 1.54) is 12.0 Å². The third-order valence-corrected chi connectivity index (χ3v) is 4.42. The van der Waals surface area contributed by atoms with E-state index in [2.05, 4.69) is 17.0 Å². The highest BCUT2D eigenvalue weighted by atomic mass is 16.5. The van der Waals surface area contributed by atoms with Crippen LogP contribution in [0.2, 0.25) is 0 Å². The van der Waals surface area contributed by atoms with Crippen molar-refractivity contribution in [2.24, 2.45) is 11.3 Å². The number of ether oxygens (including phenoxy) is 1. The minimum Gasteiger partial charge on any atom is -0.497 e. The zero-order valence-corrected chi connectivity index (χ0v) is 14.4. The van der Waals surface area contributed by atoms with Gasteiger partial charge in [-0.1, -0.05) is 32.9 Å². The molecule has 0 spiro atoms. The molecule has 1 aromatic rings. The van der Waals surface area contributed by atoms with Crippen LogP contribution < -0.4 is 4.74 Å². The summed E-state index contributed by atoms with van der Waals surface area (Å²) < 4.78 is 5.28. The number of nitrogens with zero attached hydrogens (tertiary/aromatic N) is 1. The van der Waals surface area contributed by atoms with E-state index in [0.29, 0.717) is 11.8 Å². The number of carbonyl (C=O) groups is 1. The van der Waals surface area contributed by atoms with Crippen molar-refractivity contribution in [1.82, 2.24) is 4.90 Å². The lowest BCUT2D eigenvalue weighted by Gasteiger charge is -2.36. The number of rotatable bonds is 4. The summed E-state index contributed by atoms with van der Waals surface area (Å²) in [6.07, 6.45) is 4.56. The molecule has 1 aromatic carbocycles. The van der Waals surface area contributed by atoms with Gasteiger partial charge in [-0.05, 0) is 49.3 Å². The Balaban J connectivity index is 1.89. The average molecular weight is 303 g/mol. The van der Waals surface area contributed by atoms with E-state index in [4.69, 9.17) is 4.74 Å². The smallest absolute Gasteiger partial charge is 0.227 e. The van der Waals surface area contributed by atoms with Gasteiger partial charge in [0.25, 0.3) is 0 Å². The van der Waals surface area contributed by atoms with Gasteiger partial charge in [0.2, 0.25) is 5.91 Å². The number of piperidine rings is 1. The number of amides is 1.